The first-order valence-electron chi connectivity index (χ1n) is 16.2. The monoisotopic (exact) mass is 628 g/mol. The zero-order chi connectivity index (χ0) is 31.8. The third-order valence-electron chi connectivity index (χ3n) is 9.74. The zero-order valence-electron chi connectivity index (χ0n) is 27.6. The highest BCUT2D eigenvalue weighted by Gasteiger charge is 2.23. The van der Waals surface area contributed by atoms with Crippen LogP contribution in [0.2, 0.25) is 19.6 Å². The van der Waals surface area contributed by atoms with Crippen molar-refractivity contribution >= 4 is 77.2 Å². The molecule has 8 aromatic carbocycles. The van der Waals surface area contributed by atoms with Gasteiger partial charge in [0, 0.05) is 0 Å². The van der Waals surface area contributed by atoms with Crippen LogP contribution in [0.3, 0.4) is 0 Å². The highest BCUT2D eigenvalue weighted by atomic mass is 32.3. The lowest BCUT2D eigenvalue weighted by molar-refractivity contribution is 1.48. The van der Waals surface area contributed by atoms with Gasteiger partial charge in [-0.25, -0.2) is 10.0 Å². The highest BCUT2D eigenvalue weighted by Crippen LogP contribution is 2.51. The third-order valence-corrected chi connectivity index (χ3v) is 13.4. The maximum absolute atomic E-state index is 2.55. The molecule has 0 radical (unpaired) electrons. The van der Waals surface area contributed by atoms with Gasteiger partial charge >= 0.3 is 0 Å². The third kappa shape index (κ3) is 4.74. The van der Waals surface area contributed by atoms with Crippen molar-refractivity contribution in [2.24, 2.45) is 0 Å². The van der Waals surface area contributed by atoms with E-state index in [1.165, 1.54) is 86.2 Å². The summed E-state index contributed by atoms with van der Waals surface area (Å²) in [7, 11) is -2.55. The van der Waals surface area contributed by atoms with Gasteiger partial charge < -0.3 is 0 Å². The molecule has 0 N–H and O–H groups in total. The van der Waals surface area contributed by atoms with Gasteiger partial charge in [-0.05, 0) is 124 Å². The quantitative estimate of drug-likeness (QED) is 0.103. The van der Waals surface area contributed by atoms with E-state index in [1.807, 2.05) is 0 Å². The van der Waals surface area contributed by atoms with Gasteiger partial charge in [-0.3, -0.25) is 0 Å². The van der Waals surface area contributed by atoms with Gasteiger partial charge in [0.05, 0.1) is 8.07 Å². The summed E-state index contributed by atoms with van der Waals surface area (Å²) in [5.41, 5.74) is 5.30. The Labute approximate surface area is 275 Å². The molecule has 8 aromatic rings. The molecule has 0 bridgehead atoms. The highest BCUT2D eigenvalue weighted by molar-refractivity contribution is 8.32. The Balaban J connectivity index is 1.61. The lowest BCUT2D eigenvalue weighted by Gasteiger charge is -2.28. The van der Waals surface area contributed by atoms with Crippen LogP contribution in [0.4, 0.5) is 0 Å². The molecule has 0 spiro atoms. The van der Waals surface area contributed by atoms with E-state index in [1.54, 1.807) is 0 Å². The number of benzene rings is 8. The number of fused-ring (bicyclic) bond motifs is 6. The lowest BCUT2D eigenvalue weighted by Crippen LogP contribution is -2.37. The van der Waals surface area contributed by atoms with Gasteiger partial charge in [0.2, 0.25) is 0 Å². The van der Waals surface area contributed by atoms with Gasteiger partial charge in [0.25, 0.3) is 0 Å². The van der Waals surface area contributed by atoms with E-state index in [9.17, 15) is 0 Å². The van der Waals surface area contributed by atoms with Crippen molar-refractivity contribution in [1.82, 2.24) is 0 Å². The zero-order valence-corrected chi connectivity index (χ0v) is 29.4. The molecule has 0 amide bonds. The molecule has 0 atom stereocenters. The van der Waals surface area contributed by atoms with E-state index in [0.29, 0.717) is 0 Å². The Bertz CT molecular complexity index is 2490. The van der Waals surface area contributed by atoms with Gasteiger partial charge in [-0.1, -0.05) is 134 Å². The Morgan fingerprint density at radius 1 is 0.413 bits per heavy atom. The molecule has 0 unspecified atom stereocenters. The molecule has 0 aliphatic rings. The van der Waals surface area contributed by atoms with Crippen LogP contribution in [0, 0.1) is 0 Å². The second-order valence-corrected chi connectivity index (χ2v) is 23.8. The summed E-state index contributed by atoms with van der Waals surface area (Å²) in [5.74, 6) is 0. The summed E-state index contributed by atoms with van der Waals surface area (Å²) in [5, 5.41) is 14.6. The van der Waals surface area contributed by atoms with Crippen LogP contribution in [0.25, 0.3) is 76.1 Å². The SMILES string of the molecule is C[Si](C)(C)c1ccc2c(-c3ccc4ccccc4c3)c3cc(S(C)(C)C)ccc3c(-c3cc4ccccc4c4ccccc34)c2c1. The van der Waals surface area contributed by atoms with Crippen molar-refractivity contribution in [2.75, 3.05) is 18.8 Å². The van der Waals surface area contributed by atoms with Gasteiger partial charge in [-0.15, -0.1) is 0 Å². The molecule has 2 heteroatoms. The van der Waals surface area contributed by atoms with E-state index in [0.717, 1.165) is 0 Å². The van der Waals surface area contributed by atoms with Crippen molar-refractivity contribution in [2.45, 2.75) is 24.5 Å². The summed E-state index contributed by atoms with van der Waals surface area (Å²) < 4.78 is 0. The maximum atomic E-state index is 2.55. The molecule has 0 nitrogen and oxygen atoms in total. The van der Waals surface area contributed by atoms with Gasteiger partial charge in [-0.2, -0.15) is 0 Å². The molecule has 0 heterocycles. The van der Waals surface area contributed by atoms with Crippen molar-refractivity contribution in [1.29, 1.82) is 0 Å². The number of hydrogen-bond acceptors (Lipinski definition) is 0. The van der Waals surface area contributed by atoms with E-state index >= 15 is 0 Å². The predicted octanol–water partition coefficient (Wildman–Crippen LogP) is 12.4. The van der Waals surface area contributed by atoms with E-state index < -0.39 is 18.1 Å². The molecule has 0 saturated heterocycles. The van der Waals surface area contributed by atoms with Crippen molar-refractivity contribution in [3.8, 4) is 22.3 Å². The number of hydrogen-bond donors (Lipinski definition) is 0. The minimum absolute atomic E-state index is 0.943. The van der Waals surface area contributed by atoms with Crippen LogP contribution in [0.5, 0.6) is 0 Å². The second kappa shape index (κ2) is 10.6. The lowest BCUT2D eigenvalue weighted by atomic mass is 9.83. The standard InChI is InChI=1S/C44H40SSi/c1-45(2,3)33-21-23-39-41(27-33)43(32-20-19-29-13-7-8-14-30(29)25-32)38-24-22-34(46(4,5)6)28-42(38)44(39)40-26-31-15-9-10-16-35(31)36-17-11-12-18-37(36)40/h7-28H,1-6H3. The molecule has 0 aliphatic heterocycles. The smallest absolute Gasteiger partial charge is 0.0776 e. The fraction of sp³-hybridized carbons (Fsp3) is 0.136. The fourth-order valence-electron chi connectivity index (χ4n) is 7.26. The topological polar surface area (TPSA) is 0 Å². The second-order valence-electron chi connectivity index (χ2n) is 14.6. The predicted molar refractivity (Wildman–Crippen MR) is 211 cm³/mol. The average molecular weight is 629 g/mol. The first-order chi connectivity index (χ1) is 22.1. The molecule has 8 rings (SSSR count). The van der Waals surface area contributed by atoms with Crippen LogP contribution in [-0.4, -0.2) is 26.8 Å². The first kappa shape index (κ1) is 29.1. The maximum Gasteiger partial charge on any atom is 0.0776 e. The minimum atomic E-state index is -1.60. The number of rotatable bonds is 4. The van der Waals surface area contributed by atoms with Crippen molar-refractivity contribution in [3.63, 3.8) is 0 Å². The fourth-order valence-corrected chi connectivity index (χ4v) is 9.37. The Morgan fingerprint density at radius 2 is 1.02 bits per heavy atom. The van der Waals surface area contributed by atoms with Crippen LogP contribution in [0.1, 0.15) is 0 Å². The largest absolute Gasteiger partial charge is 0.223 e. The molecule has 0 aliphatic carbocycles. The van der Waals surface area contributed by atoms with Crippen LogP contribution >= 0.6 is 10.0 Å². The van der Waals surface area contributed by atoms with Crippen molar-refractivity contribution < 1.29 is 0 Å². The Morgan fingerprint density at radius 3 is 1.76 bits per heavy atom. The van der Waals surface area contributed by atoms with Crippen molar-refractivity contribution in [3.05, 3.63) is 133 Å². The van der Waals surface area contributed by atoms with E-state index in [2.05, 4.69) is 172 Å². The average Bonchev–Trinajstić information content (AvgIpc) is 3.05. The summed E-state index contributed by atoms with van der Waals surface area (Å²) in [4.78, 5) is 1.44. The molecule has 46 heavy (non-hydrogen) atoms. The summed E-state index contributed by atoms with van der Waals surface area (Å²) in [6.07, 6.45) is 7.22. The Kier molecular flexibility index (Phi) is 6.69. The van der Waals surface area contributed by atoms with Crippen LogP contribution in [-0.2, 0) is 0 Å². The normalized spacial score (nSPS) is 12.9. The Hall–Kier alpha value is -4.37. The summed E-state index contributed by atoms with van der Waals surface area (Å²) >= 11 is 0. The minimum Gasteiger partial charge on any atom is -0.223 e. The molecule has 0 fully saturated rings. The summed E-state index contributed by atoms with van der Waals surface area (Å²) in [6.45, 7) is 7.38. The van der Waals surface area contributed by atoms with Gasteiger partial charge in [0.1, 0.15) is 0 Å². The van der Waals surface area contributed by atoms with Crippen LogP contribution < -0.4 is 5.19 Å². The van der Waals surface area contributed by atoms with Gasteiger partial charge in [0.15, 0.2) is 0 Å². The first-order valence-corrected chi connectivity index (χ1v) is 22.6. The van der Waals surface area contributed by atoms with Crippen LogP contribution in [0.15, 0.2) is 138 Å². The molecular weight excluding hydrogens is 589 g/mol. The van der Waals surface area contributed by atoms with E-state index in [4.69, 9.17) is 0 Å². The van der Waals surface area contributed by atoms with E-state index in [-0.39, 0.29) is 0 Å². The summed E-state index contributed by atoms with van der Waals surface area (Å²) in [6, 6.07) is 50.9. The molecular formula is C44H40SSi. The molecule has 0 saturated carbocycles. The molecule has 0 aromatic heterocycles. The molecule has 226 valence electrons.